The molecular weight excluding hydrogens is 269 g/mol. The minimum atomic E-state index is -2.00. The van der Waals surface area contributed by atoms with Crippen LogP contribution in [0.25, 0.3) is 0 Å². The number of carboxylic acid groups (broad SMARTS) is 1. The van der Waals surface area contributed by atoms with Gasteiger partial charge in [0.1, 0.15) is 0 Å². The summed E-state index contributed by atoms with van der Waals surface area (Å²) >= 11 is 3.08. The van der Waals surface area contributed by atoms with Crippen molar-refractivity contribution < 1.29 is 19.4 Å². The summed E-state index contributed by atoms with van der Waals surface area (Å²) in [6.07, 6.45) is 0.926. The molecule has 0 fully saturated rings. The normalized spacial score (nSPS) is 14.7. The van der Waals surface area contributed by atoms with Gasteiger partial charge in [0.05, 0.1) is 0 Å². The Bertz CT molecular complexity index is 395. The molecule has 0 aliphatic rings. The zero-order chi connectivity index (χ0) is 11.6. The molecular formula is C9H9BrFNO3. The first-order valence-electron chi connectivity index (χ1n) is 4.08. The lowest BCUT2D eigenvalue weighted by molar-refractivity contribution is -0.156. The number of aromatic nitrogens is 1. The van der Waals surface area contributed by atoms with Gasteiger partial charge in [-0.3, -0.25) is 0 Å². The number of carbonyl (C=O) groups is 1. The van der Waals surface area contributed by atoms with Gasteiger partial charge in [-0.2, -0.15) is 4.39 Å². The largest absolute Gasteiger partial charge is 0.479 e. The Balaban J connectivity index is 2.99. The van der Waals surface area contributed by atoms with E-state index in [4.69, 9.17) is 5.11 Å². The van der Waals surface area contributed by atoms with Crippen LogP contribution in [0, 0.1) is 5.95 Å². The average molecular weight is 278 g/mol. The molecule has 0 amide bonds. The molecule has 0 radical (unpaired) electrons. The van der Waals surface area contributed by atoms with E-state index in [9.17, 15) is 14.3 Å². The smallest absolute Gasteiger partial charge is 0.335 e. The van der Waals surface area contributed by atoms with Crippen LogP contribution in [-0.4, -0.2) is 26.8 Å². The number of carboxylic acids is 1. The molecule has 1 rings (SSSR count). The van der Waals surface area contributed by atoms with E-state index in [1.54, 1.807) is 0 Å². The van der Waals surface area contributed by atoms with Gasteiger partial charge >= 0.3 is 5.97 Å². The van der Waals surface area contributed by atoms with E-state index < -0.39 is 17.5 Å². The summed E-state index contributed by atoms with van der Waals surface area (Å²) in [7, 11) is 0. The Labute approximate surface area is 93.9 Å². The van der Waals surface area contributed by atoms with Crippen molar-refractivity contribution in [1.29, 1.82) is 0 Å². The third-order valence-electron chi connectivity index (χ3n) is 1.87. The predicted molar refractivity (Wildman–Crippen MR) is 53.9 cm³/mol. The molecule has 0 aliphatic carbocycles. The number of hydrogen-bond donors (Lipinski definition) is 2. The molecule has 0 bridgehead atoms. The third-order valence-corrected chi connectivity index (χ3v) is 2.31. The van der Waals surface area contributed by atoms with E-state index in [-0.39, 0.29) is 12.0 Å². The van der Waals surface area contributed by atoms with Crippen molar-refractivity contribution >= 4 is 21.9 Å². The van der Waals surface area contributed by atoms with Gasteiger partial charge in [0.25, 0.3) is 0 Å². The fourth-order valence-corrected chi connectivity index (χ4v) is 1.41. The van der Waals surface area contributed by atoms with E-state index in [1.807, 2.05) is 0 Å². The van der Waals surface area contributed by atoms with Crippen LogP contribution >= 0.6 is 15.9 Å². The zero-order valence-corrected chi connectivity index (χ0v) is 9.45. The molecule has 82 valence electrons. The van der Waals surface area contributed by atoms with Gasteiger partial charge in [0, 0.05) is 22.7 Å². The first-order chi connectivity index (χ1) is 6.83. The summed E-state index contributed by atoms with van der Waals surface area (Å²) < 4.78 is 13.7. The van der Waals surface area contributed by atoms with Crippen LogP contribution in [0.1, 0.15) is 12.5 Å². The van der Waals surface area contributed by atoms with Crippen molar-refractivity contribution in [2.24, 2.45) is 0 Å². The van der Waals surface area contributed by atoms with Gasteiger partial charge in [0.2, 0.25) is 5.95 Å². The maximum atomic E-state index is 13.1. The molecule has 2 N–H and O–H groups in total. The molecule has 0 saturated carbocycles. The van der Waals surface area contributed by atoms with Crippen LogP contribution in [0.2, 0.25) is 0 Å². The molecule has 0 aliphatic heterocycles. The van der Waals surface area contributed by atoms with E-state index in [0.717, 1.165) is 6.92 Å². The van der Waals surface area contributed by atoms with Gasteiger partial charge in [0.15, 0.2) is 5.60 Å². The second-order valence-corrected chi connectivity index (χ2v) is 4.27. The highest BCUT2D eigenvalue weighted by atomic mass is 79.9. The van der Waals surface area contributed by atoms with Crippen molar-refractivity contribution in [3.05, 3.63) is 28.2 Å². The number of aliphatic carboxylic acids is 1. The molecule has 1 aromatic heterocycles. The van der Waals surface area contributed by atoms with Gasteiger partial charge in [-0.05, 0) is 28.9 Å². The Morgan fingerprint density at radius 1 is 1.73 bits per heavy atom. The van der Waals surface area contributed by atoms with E-state index in [0.29, 0.717) is 4.47 Å². The van der Waals surface area contributed by atoms with Crippen molar-refractivity contribution in [2.45, 2.75) is 18.9 Å². The maximum absolute atomic E-state index is 13.1. The minimum Gasteiger partial charge on any atom is -0.479 e. The molecule has 1 heterocycles. The first kappa shape index (κ1) is 12.1. The lowest BCUT2D eigenvalue weighted by atomic mass is 9.98. The molecule has 1 aromatic rings. The Morgan fingerprint density at radius 2 is 2.33 bits per heavy atom. The maximum Gasteiger partial charge on any atom is 0.335 e. The van der Waals surface area contributed by atoms with Gasteiger partial charge in [-0.25, -0.2) is 9.78 Å². The number of halogens is 2. The number of aliphatic hydroxyl groups is 1. The standard InChI is InChI=1S/C9H9BrFNO3/c1-9(15,8(13)14)3-5-2-6(10)4-12-7(5)11/h2,4,15H,3H2,1H3,(H,13,14). The molecule has 15 heavy (non-hydrogen) atoms. The van der Waals surface area contributed by atoms with Crippen LogP contribution in [-0.2, 0) is 11.2 Å². The quantitative estimate of drug-likeness (QED) is 0.819. The van der Waals surface area contributed by atoms with Gasteiger partial charge < -0.3 is 10.2 Å². The van der Waals surface area contributed by atoms with Crippen LogP contribution in [0.3, 0.4) is 0 Å². The van der Waals surface area contributed by atoms with Crippen LogP contribution in [0.4, 0.5) is 4.39 Å². The highest BCUT2D eigenvalue weighted by Gasteiger charge is 2.31. The highest BCUT2D eigenvalue weighted by Crippen LogP contribution is 2.18. The van der Waals surface area contributed by atoms with Gasteiger partial charge in [-0.1, -0.05) is 0 Å². The van der Waals surface area contributed by atoms with Crippen molar-refractivity contribution in [2.75, 3.05) is 0 Å². The second kappa shape index (κ2) is 4.24. The van der Waals surface area contributed by atoms with E-state index in [1.165, 1.54) is 12.3 Å². The Kier molecular flexibility index (Phi) is 3.41. The minimum absolute atomic E-state index is 0.0526. The molecule has 4 nitrogen and oxygen atoms in total. The Hall–Kier alpha value is -1.01. The summed E-state index contributed by atoms with van der Waals surface area (Å²) in [5, 5.41) is 18.1. The fraction of sp³-hybridized carbons (Fsp3) is 0.333. The summed E-state index contributed by atoms with van der Waals surface area (Å²) in [6, 6.07) is 1.39. The number of nitrogens with zero attached hydrogens (tertiary/aromatic N) is 1. The molecule has 0 saturated heterocycles. The fourth-order valence-electron chi connectivity index (χ4n) is 1.03. The third kappa shape index (κ3) is 2.97. The molecule has 1 unspecified atom stereocenters. The number of hydrogen-bond acceptors (Lipinski definition) is 3. The topological polar surface area (TPSA) is 70.4 Å². The molecule has 0 aromatic carbocycles. The summed E-state index contributed by atoms with van der Waals surface area (Å²) in [5.74, 6) is -2.18. The SMILES string of the molecule is CC(O)(Cc1cc(Br)cnc1F)C(=O)O. The molecule has 0 spiro atoms. The molecule has 6 heteroatoms. The average Bonchev–Trinajstić information content (AvgIpc) is 2.10. The highest BCUT2D eigenvalue weighted by molar-refractivity contribution is 9.10. The number of rotatable bonds is 3. The molecule has 1 atom stereocenters. The lowest BCUT2D eigenvalue weighted by Gasteiger charge is -2.17. The van der Waals surface area contributed by atoms with Crippen molar-refractivity contribution in [3.8, 4) is 0 Å². The Morgan fingerprint density at radius 3 is 2.87 bits per heavy atom. The van der Waals surface area contributed by atoms with E-state index >= 15 is 0 Å². The summed E-state index contributed by atoms with van der Waals surface area (Å²) in [4.78, 5) is 14.0. The van der Waals surface area contributed by atoms with Crippen molar-refractivity contribution in [3.63, 3.8) is 0 Å². The van der Waals surface area contributed by atoms with Crippen LogP contribution < -0.4 is 0 Å². The lowest BCUT2D eigenvalue weighted by Crippen LogP contribution is -2.37. The van der Waals surface area contributed by atoms with Gasteiger partial charge in [-0.15, -0.1) is 0 Å². The van der Waals surface area contributed by atoms with Crippen LogP contribution in [0.15, 0.2) is 16.7 Å². The predicted octanol–water partition coefficient (Wildman–Crippen LogP) is 1.36. The number of pyridine rings is 1. The van der Waals surface area contributed by atoms with E-state index in [2.05, 4.69) is 20.9 Å². The summed E-state index contributed by atoms with van der Waals surface area (Å²) in [6.45, 7) is 1.11. The van der Waals surface area contributed by atoms with Crippen molar-refractivity contribution in [1.82, 2.24) is 4.98 Å². The first-order valence-corrected chi connectivity index (χ1v) is 4.88. The zero-order valence-electron chi connectivity index (χ0n) is 7.87. The summed E-state index contributed by atoms with van der Waals surface area (Å²) in [5.41, 5.74) is -1.94. The second-order valence-electron chi connectivity index (χ2n) is 3.36. The monoisotopic (exact) mass is 277 g/mol. The van der Waals surface area contributed by atoms with Crippen LogP contribution in [0.5, 0.6) is 0 Å².